The van der Waals surface area contributed by atoms with Crippen LogP contribution >= 0.6 is 0 Å². The fraction of sp³-hybridized carbons (Fsp3) is 0.929. The SMILES string of the molecule is CC(C=CC(C)C(C)(O)CO)C1CC(O)C2(O)C1(C)CCC1C3(C)CCC(O)C(O)C3(O)C(O)CC12O. The smallest absolute Gasteiger partial charge is 0.125 e. The van der Waals surface area contributed by atoms with Crippen LogP contribution in [0, 0.1) is 34.5 Å². The molecule has 0 aromatic carbocycles. The topological polar surface area (TPSA) is 182 Å². The standard InChI is InChI=1S/C28H48O9/c1-15(6-7-16(2)25(5,34)14-29)17-12-20(31)28(37)23(17,3)11-9-19-24(4)10-8-18(30)22(33)27(24,36)21(32)13-26(19,28)35/h6-7,15-22,29-37H,8-14H2,1-5H3. The van der Waals surface area contributed by atoms with Crippen molar-refractivity contribution < 1.29 is 46.0 Å². The van der Waals surface area contributed by atoms with Crippen LogP contribution in [0.2, 0.25) is 0 Å². The van der Waals surface area contributed by atoms with Gasteiger partial charge in [0.1, 0.15) is 22.9 Å². The first kappa shape index (κ1) is 29.4. The van der Waals surface area contributed by atoms with Crippen LogP contribution in [0.15, 0.2) is 12.2 Å². The summed E-state index contributed by atoms with van der Waals surface area (Å²) in [6.45, 7) is 8.51. The third-order valence-corrected chi connectivity index (χ3v) is 11.9. The number of aliphatic hydroxyl groups excluding tert-OH is 5. The molecule has 0 aromatic rings. The minimum Gasteiger partial charge on any atom is -0.393 e. The van der Waals surface area contributed by atoms with Gasteiger partial charge < -0.3 is 46.0 Å². The summed E-state index contributed by atoms with van der Waals surface area (Å²) in [6, 6.07) is 0. The molecule has 4 fully saturated rings. The van der Waals surface area contributed by atoms with E-state index < -0.39 is 70.0 Å². The summed E-state index contributed by atoms with van der Waals surface area (Å²) in [4.78, 5) is 0. The summed E-state index contributed by atoms with van der Waals surface area (Å²) in [5.74, 6) is -1.44. The van der Waals surface area contributed by atoms with Gasteiger partial charge in [-0.1, -0.05) is 39.8 Å². The molecule has 0 radical (unpaired) electrons. The van der Waals surface area contributed by atoms with E-state index in [1.54, 1.807) is 20.8 Å². The van der Waals surface area contributed by atoms with Crippen molar-refractivity contribution in [3.05, 3.63) is 12.2 Å². The van der Waals surface area contributed by atoms with Gasteiger partial charge in [-0.2, -0.15) is 0 Å². The average molecular weight is 529 g/mol. The Hall–Kier alpha value is -0.620. The predicted octanol–water partition coefficient (Wildman–Crippen LogP) is -0.165. The van der Waals surface area contributed by atoms with Gasteiger partial charge in [0.15, 0.2) is 0 Å². The lowest BCUT2D eigenvalue weighted by Crippen LogP contribution is -2.83. The molecule has 14 atom stereocenters. The number of allylic oxidation sites excluding steroid dienone is 1. The quantitative estimate of drug-likeness (QED) is 0.219. The summed E-state index contributed by atoms with van der Waals surface area (Å²) in [5.41, 5.74) is -9.40. The van der Waals surface area contributed by atoms with Gasteiger partial charge in [-0.05, 0) is 56.8 Å². The molecule has 4 aliphatic carbocycles. The third kappa shape index (κ3) is 3.55. The maximum atomic E-state index is 12.4. The first-order valence-electron chi connectivity index (χ1n) is 13.8. The Kier molecular flexibility index (Phi) is 7.10. The minimum absolute atomic E-state index is 0.140. The van der Waals surface area contributed by atoms with Crippen molar-refractivity contribution >= 4 is 0 Å². The second-order valence-electron chi connectivity index (χ2n) is 13.6. The molecule has 0 aromatic heterocycles. The zero-order valence-corrected chi connectivity index (χ0v) is 22.7. The molecular weight excluding hydrogens is 480 g/mol. The minimum atomic E-state index is -2.07. The van der Waals surface area contributed by atoms with Crippen molar-refractivity contribution in [3.63, 3.8) is 0 Å². The third-order valence-electron chi connectivity index (χ3n) is 11.9. The molecule has 0 heterocycles. The van der Waals surface area contributed by atoms with Crippen LogP contribution in [0.25, 0.3) is 0 Å². The molecule has 37 heavy (non-hydrogen) atoms. The number of hydrogen-bond donors (Lipinski definition) is 9. The Morgan fingerprint density at radius 3 is 2.11 bits per heavy atom. The van der Waals surface area contributed by atoms with E-state index in [1.807, 2.05) is 26.0 Å². The van der Waals surface area contributed by atoms with Crippen molar-refractivity contribution in [2.75, 3.05) is 6.61 Å². The van der Waals surface area contributed by atoms with E-state index in [-0.39, 0.29) is 43.6 Å². The number of hydrogen-bond acceptors (Lipinski definition) is 9. The summed E-state index contributed by atoms with van der Waals surface area (Å²) in [5, 5.41) is 99.9. The van der Waals surface area contributed by atoms with Crippen LogP contribution in [0.5, 0.6) is 0 Å². The molecular formula is C28H48O9. The van der Waals surface area contributed by atoms with Gasteiger partial charge in [0, 0.05) is 23.2 Å². The normalized spacial score (nSPS) is 55.2. The van der Waals surface area contributed by atoms with Crippen LogP contribution in [-0.2, 0) is 0 Å². The van der Waals surface area contributed by atoms with Crippen LogP contribution in [0.3, 0.4) is 0 Å². The van der Waals surface area contributed by atoms with E-state index in [0.717, 1.165) is 0 Å². The summed E-state index contributed by atoms with van der Waals surface area (Å²) < 4.78 is 0. The molecule has 4 rings (SSSR count). The number of aliphatic hydroxyl groups is 9. The maximum absolute atomic E-state index is 12.4. The van der Waals surface area contributed by atoms with Gasteiger partial charge >= 0.3 is 0 Å². The van der Waals surface area contributed by atoms with E-state index in [0.29, 0.717) is 12.8 Å². The van der Waals surface area contributed by atoms with E-state index in [1.165, 1.54) is 0 Å². The fourth-order valence-corrected chi connectivity index (χ4v) is 9.13. The molecule has 14 unspecified atom stereocenters. The zero-order valence-electron chi connectivity index (χ0n) is 22.7. The highest BCUT2D eigenvalue weighted by Crippen LogP contribution is 2.72. The molecule has 9 N–H and O–H groups in total. The molecule has 4 saturated carbocycles. The Morgan fingerprint density at radius 2 is 1.51 bits per heavy atom. The van der Waals surface area contributed by atoms with Crippen molar-refractivity contribution in [2.24, 2.45) is 34.5 Å². The summed E-state index contributed by atoms with van der Waals surface area (Å²) in [6.07, 6.45) is -0.927. The van der Waals surface area contributed by atoms with Crippen molar-refractivity contribution in [1.29, 1.82) is 0 Å². The monoisotopic (exact) mass is 528 g/mol. The van der Waals surface area contributed by atoms with Gasteiger partial charge in [0.2, 0.25) is 0 Å². The van der Waals surface area contributed by atoms with Gasteiger partial charge in [0.05, 0.1) is 30.5 Å². The van der Waals surface area contributed by atoms with Gasteiger partial charge in [0.25, 0.3) is 0 Å². The Labute approximate surface area is 219 Å². The van der Waals surface area contributed by atoms with Crippen LogP contribution < -0.4 is 0 Å². The highest BCUT2D eigenvalue weighted by atomic mass is 16.4. The lowest BCUT2D eigenvalue weighted by atomic mass is 9.38. The van der Waals surface area contributed by atoms with E-state index in [4.69, 9.17) is 0 Å². The first-order chi connectivity index (χ1) is 16.9. The van der Waals surface area contributed by atoms with Crippen LogP contribution in [0.4, 0.5) is 0 Å². The summed E-state index contributed by atoms with van der Waals surface area (Å²) in [7, 11) is 0. The number of rotatable bonds is 5. The molecule has 214 valence electrons. The van der Waals surface area contributed by atoms with Crippen molar-refractivity contribution in [1.82, 2.24) is 0 Å². The Bertz CT molecular complexity index is 910. The fourth-order valence-electron chi connectivity index (χ4n) is 9.13. The molecule has 0 aliphatic heterocycles. The van der Waals surface area contributed by atoms with E-state index in [2.05, 4.69) is 0 Å². The second kappa shape index (κ2) is 8.94. The first-order valence-corrected chi connectivity index (χ1v) is 13.8. The highest BCUT2D eigenvalue weighted by Gasteiger charge is 2.81. The van der Waals surface area contributed by atoms with Crippen LogP contribution in [0.1, 0.15) is 73.1 Å². The average Bonchev–Trinajstić information content (AvgIpc) is 3.05. The molecule has 9 nitrogen and oxygen atoms in total. The molecule has 0 bridgehead atoms. The Balaban J connectivity index is 1.71. The molecule has 9 heteroatoms. The lowest BCUT2D eigenvalue weighted by molar-refractivity contribution is -0.372. The van der Waals surface area contributed by atoms with Gasteiger partial charge in [-0.15, -0.1) is 0 Å². The molecule has 0 amide bonds. The molecule has 0 saturated heterocycles. The highest BCUT2D eigenvalue weighted by molar-refractivity contribution is 5.31. The van der Waals surface area contributed by atoms with E-state index >= 15 is 0 Å². The van der Waals surface area contributed by atoms with Crippen LogP contribution in [-0.4, -0.2) is 99.4 Å². The second-order valence-corrected chi connectivity index (χ2v) is 13.6. The largest absolute Gasteiger partial charge is 0.393 e. The molecule has 0 spiro atoms. The van der Waals surface area contributed by atoms with Crippen molar-refractivity contribution in [2.45, 2.75) is 120 Å². The van der Waals surface area contributed by atoms with Crippen molar-refractivity contribution in [3.8, 4) is 0 Å². The zero-order chi connectivity index (χ0) is 28.0. The maximum Gasteiger partial charge on any atom is 0.125 e. The number of fused-ring (bicyclic) bond motifs is 5. The predicted molar refractivity (Wildman–Crippen MR) is 135 cm³/mol. The molecule has 4 aliphatic rings. The van der Waals surface area contributed by atoms with E-state index in [9.17, 15) is 46.0 Å². The van der Waals surface area contributed by atoms with Gasteiger partial charge in [-0.25, -0.2) is 0 Å². The summed E-state index contributed by atoms with van der Waals surface area (Å²) >= 11 is 0. The van der Waals surface area contributed by atoms with Gasteiger partial charge in [-0.3, -0.25) is 0 Å². The lowest BCUT2D eigenvalue weighted by Gasteiger charge is -2.71. The Morgan fingerprint density at radius 1 is 0.919 bits per heavy atom.